The second kappa shape index (κ2) is 8.24. The Morgan fingerprint density at radius 1 is 0.917 bits per heavy atom. The van der Waals surface area contributed by atoms with Gasteiger partial charge in [-0.1, -0.05) is 18.2 Å². The van der Waals surface area contributed by atoms with Crippen molar-refractivity contribution in [2.75, 3.05) is 14.2 Å². The summed E-state index contributed by atoms with van der Waals surface area (Å²) < 4.78 is 16.1. The van der Waals surface area contributed by atoms with Crippen molar-refractivity contribution in [2.24, 2.45) is 0 Å². The number of hydrogen-bond donors (Lipinski definition) is 1. The molecule has 5 nitrogen and oxygen atoms in total. The maximum Gasteiger partial charge on any atom is 0.261 e. The van der Waals surface area contributed by atoms with Gasteiger partial charge in [-0.2, -0.15) is 0 Å². The van der Waals surface area contributed by atoms with Crippen molar-refractivity contribution in [3.8, 4) is 17.2 Å². The molecule has 0 saturated heterocycles. The fourth-order valence-corrected chi connectivity index (χ4v) is 2.34. The number of methoxy groups -OCH3 is 2. The number of amides is 1. The molecule has 0 aliphatic carbocycles. The highest BCUT2D eigenvalue weighted by Gasteiger charge is 2.19. The molecule has 0 bridgehead atoms. The Kier molecular flexibility index (Phi) is 6.07. The number of para-hydroxylation sites is 1. The van der Waals surface area contributed by atoms with Gasteiger partial charge in [-0.3, -0.25) is 4.79 Å². The molecule has 2 rings (SSSR count). The third-order valence-corrected chi connectivity index (χ3v) is 3.71. The number of nitrogens with one attached hydrogen (secondary N) is 1. The van der Waals surface area contributed by atoms with E-state index in [4.69, 9.17) is 14.2 Å². The highest BCUT2D eigenvalue weighted by molar-refractivity contribution is 5.81. The topological polar surface area (TPSA) is 56.8 Å². The van der Waals surface area contributed by atoms with Crippen LogP contribution in [0.15, 0.2) is 48.5 Å². The number of hydrogen-bond acceptors (Lipinski definition) is 4. The van der Waals surface area contributed by atoms with E-state index in [9.17, 15) is 4.79 Å². The van der Waals surface area contributed by atoms with Gasteiger partial charge in [0.25, 0.3) is 5.91 Å². The SMILES string of the molecule is COc1ccc(OC(C)C(=O)NC(C)c2ccccc2OC)cc1. The molecule has 0 fully saturated rings. The third kappa shape index (κ3) is 4.41. The van der Waals surface area contributed by atoms with Crippen molar-refractivity contribution < 1.29 is 19.0 Å². The van der Waals surface area contributed by atoms with Gasteiger partial charge in [0.1, 0.15) is 17.2 Å². The van der Waals surface area contributed by atoms with Gasteiger partial charge in [-0.05, 0) is 44.2 Å². The molecule has 0 saturated carbocycles. The molecular weight excluding hydrogens is 306 g/mol. The zero-order valence-corrected chi connectivity index (χ0v) is 14.4. The van der Waals surface area contributed by atoms with Crippen LogP contribution in [0.2, 0.25) is 0 Å². The Balaban J connectivity index is 1.97. The van der Waals surface area contributed by atoms with Crippen LogP contribution in [-0.4, -0.2) is 26.2 Å². The Hall–Kier alpha value is -2.69. The first-order valence-corrected chi connectivity index (χ1v) is 7.79. The lowest BCUT2D eigenvalue weighted by Gasteiger charge is -2.20. The minimum Gasteiger partial charge on any atom is -0.497 e. The molecule has 0 aliphatic rings. The van der Waals surface area contributed by atoms with Crippen LogP contribution < -0.4 is 19.5 Å². The van der Waals surface area contributed by atoms with Crippen molar-refractivity contribution in [3.63, 3.8) is 0 Å². The summed E-state index contributed by atoms with van der Waals surface area (Å²) in [4.78, 5) is 12.4. The molecule has 128 valence electrons. The second-order valence-electron chi connectivity index (χ2n) is 5.41. The predicted octanol–water partition coefficient (Wildman–Crippen LogP) is 3.35. The molecule has 0 heterocycles. The minimum atomic E-state index is -0.615. The lowest BCUT2D eigenvalue weighted by atomic mass is 10.1. The van der Waals surface area contributed by atoms with Crippen LogP contribution in [0.1, 0.15) is 25.5 Å². The molecular formula is C19H23NO4. The molecule has 24 heavy (non-hydrogen) atoms. The second-order valence-corrected chi connectivity index (χ2v) is 5.41. The number of carbonyl (C=O) groups is 1. The maximum atomic E-state index is 12.4. The molecule has 2 atom stereocenters. The van der Waals surface area contributed by atoms with Crippen LogP contribution in [0.3, 0.4) is 0 Å². The molecule has 0 spiro atoms. The standard InChI is InChI=1S/C19H23NO4/c1-13(17-7-5-6-8-18(17)23-4)20-19(21)14(2)24-16-11-9-15(22-3)10-12-16/h5-14H,1-4H3,(H,20,21). The maximum absolute atomic E-state index is 12.4. The summed E-state index contributed by atoms with van der Waals surface area (Å²) in [6.07, 6.45) is -0.615. The molecule has 2 aromatic carbocycles. The van der Waals surface area contributed by atoms with Gasteiger partial charge in [-0.15, -0.1) is 0 Å². The zero-order valence-electron chi connectivity index (χ0n) is 14.4. The molecule has 0 aromatic heterocycles. The van der Waals surface area contributed by atoms with Crippen molar-refractivity contribution in [1.29, 1.82) is 0 Å². The third-order valence-electron chi connectivity index (χ3n) is 3.71. The summed E-state index contributed by atoms with van der Waals surface area (Å²) in [5.74, 6) is 1.91. The van der Waals surface area contributed by atoms with Crippen LogP contribution in [0.5, 0.6) is 17.2 Å². The van der Waals surface area contributed by atoms with Gasteiger partial charge in [-0.25, -0.2) is 0 Å². The number of ether oxygens (including phenoxy) is 3. The number of rotatable bonds is 7. The summed E-state index contributed by atoms with van der Waals surface area (Å²) in [6, 6.07) is 14.5. The van der Waals surface area contributed by atoms with E-state index in [-0.39, 0.29) is 11.9 Å². The van der Waals surface area contributed by atoms with Crippen molar-refractivity contribution in [3.05, 3.63) is 54.1 Å². The Morgan fingerprint density at radius 3 is 2.17 bits per heavy atom. The first-order chi connectivity index (χ1) is 11.5. The lowest BCUT2D eigenvalue weighted by molar-refractivity contribution is -0.127. The first-order valence-electron chi connectivity index (χ1n) is 7.79. The van der Waals surface area contributed by atoms with Gasteiger partial charge in [0.2, 0.25) is 0 Å². The van der Waals surface area contributed by atoms with Gasteiger partial charge in [0.05, 0.1) is 20.3 Å². The van der Waals surface area contributed by atoms with Crippen molar-refractivity contribution >= 4 is 5.91 Å². The van der Waals surface area contributed by atoms with E-state index in [1.54, 1.807) is 45.4 Å². The van der Waals surface area contributed by atoms with Crippen LogP contribution in [-0.2, 0) is 4.79 Å². The zero-order chi connectivity index (χ0) is 17.5. The molecule has 2 aromatic rings. The smallest absolute Gasteiger partial charge is 0.261 e. The molecule has 5 heteroatoms. The quantitative estimate of drug-likeness (QED) is 0.846. The molecule has 0 radical (unpaired) electrons. The monoisotopic (exact) mass is 329 g/mol. The largest absolute Gasteiger partial charge is 0.497 e. The Morgan fingerprint density at radius 2 is 1.54 bits per heavy atom. The normalized spacial score (nSPS) is 12.8. The van der Waals surface area contributed by atoms with Crippen molar-refractivity contribution in [1.82, 2.24) is 5.32 Å². The summed E-state index contributed by atoms with van der Waals surface area (Å²) in [7, 11) is 3.22. The highest BCUT2D eigenvalue weighted by Crippen LogP contribution is 2.24. The molecule has 0 aliphatic heterocycles. The van der Waals surface area contributed by atoms with E-state index in [0.29, 0.717) is 5.75 Å². The summed E-state index contributed by atoms with van der Waals surface area (Å²) in [6.45, 7) is 3.63. The highest BCUT2D eigenvalue weighted by atomic mass is 16.5. The fourth-order valence-electron chi connectivity index (χ4n) is 2.34. The number of carbonyl (C=O) groups excluding carboxylic acids is 1. The lowest BCUT2D eigenvalue weighted by Crippen LogP contribution is -2.37. The predicted molar refractivity (Wildman–Crippen MR) is 92.6 cm³/mol. The molecule has 1 N–H and O–H groups in total. The molecule has 2 unspecified atom stereocenters. The summed E-state index contributed by atoms with van der Waals surface area (Å²) in [5.41, 5.74) is 0.921. The van der Waals surface area contributed by atoms with Gasteiger partial charge >= 0.3 is 0 Å². The average molecular weight is 329 g/mol. The van der Waals surface area contributed by atoms with E-state index in [1.165, 1.54) is 0 Å². The summed E-state index contributed by atoms with van der Waals surface area (Å²) >= 11 is 0. The Bertz CT molecular complexity index is 669. The van der Waals surface area contributed by atoms with E-state index >= 15 is 0 Å². The number of benzene rings is 2. The van der Waals surface area contributed by atoms with Crippen LogP contribution in [0.25, 0.3) is 0 Å². The van der Waals surface area contributed by atoms with E-state index in [2.05, 4.69) is 5.32 Å². The van der Waals surface area contributed by atoms with Gasteiger partial charge in [0, 0.05) is 5.56 Å². The van der Waals surface area contributed by atoms with Crippen LogP contribution in [0.4, 0.5) is 0 Å². The summed E-state index contributed by atoms with van der Waals surface area (Å²) in [5, 5.41) is 2.94. The van der Waals surface area contributed by atoms with E-state index < -0.39 is 6.10 Å². The minimum absolute atomic E-state index is 0.185. The van der Waals surface area contributed by atoms with Gasteiger partial charge in [0.15, 0.2) is 6.10 Å². The molecule has 1 amide bonds. The van der Waals surface area contributed by atoms with Crippen molar-refractivity contribution in [2.45, 2.75) is 26.0 Å². The fraction of sp³-hybridized carbons (Fsp3) is 0.316. The van der Waals surface area contributed by atoms with Crippen LogP contribution in [0, 0.1) is 0 Å². The first kappa shape index (κ1) is 17.7. The van der Waals surface area contributed by atoms with E-state index in [0.717, 1.165) is 17.1 Å². The Labute approximate surface area is 142 Å². The van der Waals surface area contributed by atoms with Crippen LogP contribution >= 0.6 is 0 Å². The average Bonchev–Trinajstić information content (AvgIpc) is 2.62. The van der Waals surface area contributed by atoms with Gasteiger partial charge < -0.3 is 19.5 Å². The van der Waals surface area contributed by atoms with E-state index in [1.807, 2.05) is 31.2 Å².